The molecule has 2 aromatic carbocycles. The minimum atomic E-state index is -0.310. The second-order valence-electron chi connectivity index (χ2n) is 10.6. The van der Waals surface area contributed by atoms with Crippen molar-refractivity contribution in [3.8, 4) is 0 Å². The molecule has 0 spiro atoms. The van der Waals surface area contributed by atoms with E-state index in [4.69, 9.17) is 16.3 Å². The third kappa shape index (κ3) is 5.22. The van der Waals surface area contributed by atoms with E-state index >= 15 is 4.39 Å². The molecular formula is C30H33ClFN3O2S. The van der Waals surface area contributed by atoms with Gasteiger partial charge in [-0.3, -0.25) is 9.69 Å². The van der Waals surface area contributed by atoms with E-state index in [1.165, 1.54) is 28.5 Å². The number of morpholine rings is 1. The van der Waals surface area contributed by atoms with Gasteiger partial charge in [-0.05, 0) is 64.9 Å². The number of carbonyl (C=O) groups is 1. The molecule has 2 atom stereocenters. The first kappa shape index (κ1) is 25.8. The molecule has 1 aliphatic carbocycles. The fourth-order valence-electron chi connectivity index (χ4n) is 6.08. The number of anilines is 2. The van der Waals surface area contributed by atoms with Crippen LogP contribution in [-0.2, 0) is 17.7 Å². The highest BCUT2D eigenvalue weighted by molar-refractivity contribution is 7.12. The normalized spacial score (nSPS) is 22.9. The quantitative estimate of drug-likeness (QED) is 0.345. The predicted octanol–water partition coefficient (Wildman–Crippen LogP) is 5.96. The zero-order chi connectivity index (χ0) is 26.2. The van der Waals surface area contributed by atoms with E-state index in [-0.39, 0.29) is 11.7 Å². The number of hydrogen-bond acceptors (Lipinski definition) is 5. The number of carbonyl (C=O) groups excluding carboxylic acids is 1. The molecule has 2 unspecified atom stereocenters. The van der Waals surface area contributed by atoms with Gasteiger partial charge in [-0.25, -0.2) is 4.39 Å². The molecule has 0 bridgehead atoms. The number of aryl methyl sites for hydroxylation is 1. The minimum absolute atomic E-state index is 0.152. The van der Waals surface area contributed by atoms with Crippen molar-refractivity contribution in [1.29, 1.82) is 0 Å². The van der Waals surface area contributed by atoms with Crippen molar-refractivity contribution in [2.75, 3.05) is 55.7 Å². The van der Waals surface area contributed by atoms with Gasteiger partial charge in [-0.2, -0.15) is 0 Å². The molecule has 3 aromatic rings. The summed E-state index contributed by atoms with van der Waals surface area (Å²) in [5.74, 6) is 1.09. The lowest BCUT2D eigenvalue weighted by atomic mass is 10.1. The summed E-state index contributed by atoms with van der Waals surface area (Å²) in [6.07, 6.45) is 1.06. The van der Waals surface area contributed by atoms with Crippen molar-refractivity contribution in [3.63, 3.8) is 0 Å². The highest BCUT2D eigenvalue weighted by Gasteiger charge is 2.56. The molecule has 5 nitrogen and oxygen atoms in total. The summed E-state index contributed by atoms with van der Waals surface area (Å²) in [4.78, 5) is 20.4. The maximum atomic E-state index is 15.3. The molecule has 3 fully saturated rings. The van der Waals surface area contributed by atoms with Crippen molar-refractivity contribution in [1.82, 2.24) is 4.90 Å². The standard InChI is InChI=1S/C30H33ClFN3O2S/c1-2-20-3-5-21(6-4-20)16-33-17-23-24(18-33)25(23)19-35(30(36)29-26(31)9-14-38-29)22-7-8-28(27(32)15-22)34-10-12-37-13-11-34/h3-9,14-15,23-25H,2,10-13,16-19H2,1H3. The van der Waals surface area contributed by atoms with E-state index in [0.717, 1.165) is 26.1 Å². The first-order chi connectivity index (χ1) is 18.5. The summed E-state index contributed by atoms with van der Waals surface area (Å²) in [6.45, 7) is 8.30. The molecule has 2 aliphatic heterocycles. The Kier molecular flexibility index (Phi) is 7.45. The number of amides is 1. The van der Waals surface area contributed by atoms with Crippen molar-refractivity contribution in [2.45, 2.75) is 19.9 Å². The zero-order valence-corrected chi connectivity index (χ0v) is 23.2. The van der Waals surface area contributed by atoms with Crippen LogP contribution in [0.15, 0.2) is 53.9 Å². The topological polar surface area (TPSA) is 36.0 Å². The molecule has 8 heteroatoms. The molecule has 2 saturated heterocycles. The van der Waals surface area contributed by atoms with E-state index in [2.05, 4.69) is 36.1 Å². The fraction of sp³-hybridized carbons (Fsp3) is 0.433. The second-order valence-corrected chi connectivity index (χ2v) is 11.9. The van der Waals surface area contributed by atoms with Crippen LogP contribution in [0.25, 0.3) is 0 Å². The summed E-state index contributed by atoms with van der Waals surface area (Å²) >= 11 is 7.69. The number of halogens is 2. The summed E-state index contributed by atoms with van der Waals surface area (Å²) in [5, 5.41) is 2.28. The van der Waals surface area contributed by atoms with Crippen molar-refractivity contribution >= 4 is 40.2 Å². The molecule has 38 heavy (non-hydrogen) atoms. The SMILES string of the molecule is CCc1ccc(CN2CC3C(C2)C3CN(C(=O)c2sccc2Cl)c2ccc(N3CCOCC3)c(F)c2)cc1. The Labute approximate surface area is 232 Å². The van der Waals surface area contributed by atoms with Crippen molar-refractivity contribution in [2.24, 2.45) is 17.8 Å². The molecule has 1 aromatic heterocycles. The fourth-order valence-corrected chi connectivity index (χ4v) is 7.17. The minimum Gasteiger partial charge on any atom is -0.378 e. The molecular weight excluding hydrogens is 521 g/mol. The molecule has 0 N–H and O–H groups in total. The highest BCUT2D eigenvalue weighted by Crippen LogP contribution is 2.52. The first-order valence-electron chi connectivity index (χ1n) is 13.5. The molecule has 1 amide bonds. The van der Waals surface area contributed by atoms with Crippen LogP contribution in [0, 0.1) is 23.6 Å². The number of likely N-dealkylation sites (tertiary alicyclic amines) is 1. The first-order valence-corrected chi connectivity index (χ1v) is 14.7. The smallest absolute Gasteiger partial charge is 0.269 e. The van der Waals surface area contributed by atoms with Gasteiger partial charge in [0, 0.05) is 45.0 Å². The predicted molar refractivity (Wildman–Crippen MR) is 152 cm³/mol. The van der Waals surface area contributed by atoms with Crippen LogP contribution in [0.1, 0.15) is 27.7 Å². The number of nitrogens with zero attached hydrogens (tertiary/aromatic N) is 3. The van der Waals surface area contributed by atoms with Crippen LogP contribution in [0.2, 0.25) is 5.02 Å². The Bertz CT molecular complexity index is 1280. The number of thiophene rings is 1. The molecule has 6 rings (SSSR count). The largest absolute Gasteiger partial charge is 0.378 e. The molecule has 0 radical (unpaired) electrons. The number of ether oxygens (including phenoxy) is 1. The number of piperidine rings is 1. The lowest BCUT2D eigenvalue weighted by Gasteiger charge is -2.30. The Hall–Kier alpha value is -2.45. The van der Waals surface area contributed by atoms with Crippen LogP contribution < -0.4 is 9.80 Å². The van der Waals surface area contributed by atoms with Gasteiger partial charge < -0.3 is 14.5 Å². The Balaban J connectivity index is 1.16. The summed E-state index contributed by atoms with van der Waals surface area (Å²) in [6, 6.07) is 15.8. The lowest BCUT2D eigenvalue weighted by Crippen LogP contribution is -2.37. The lowest BCUT2D eigenvalue weighted by molar-refractivity contribution is 0.0988. The molecule has 1 saturated carbocycles. The maximum absolute atomic E-state index is 15.3. The summed E-state index contributed by atoms with van der Waals surface area (Å²) < 4.78 is 20.7. The van der Waals surface area contributed by atoms with Gasteiger partial charge >= 0.3 is 0 Å². The van der Waals surface area contributed by atoms with Crippen LogP contribution in [0.3, 0.4) is 0 Å². The van der Waals surface area contributed by atoms with Gasteiger partial charge in [0.25, 0.3) is 5.91 Å². The Morgan fingerprint density at radius 1 is 1.08 bits per heavy atom. The Morgan fingerprint density at radius 2 is 1.79 bits per heavy atom. The molecule has 200 valence electrons. The van der Waals surface area contributed by atoms with Gasteiger partial charge in [-0.15, -0.1) is 11.3 Å². The van der Waals surface area contributed by atoms with Crippen molar-refractivity contribution in [3.05, 3.63) is 80.8 Å². The average Bonchev–Trinajstić information content (AvgIpc) is 3.23. The van der Waals surface area contributed by atoms with Crippen LogP contribution in [0.4, 0.5) is 15.8 Å². The van der Waals surface area contributed by atoms with Crippen LogP contribution in [0.5, 0.6) is 0 Å². The van der Waals surface area contributed by atoms with Crippen molar-refractivity contribution < 1.29 is 13.9 Å². The van der Waals surface area contributed by atoms with E-state index in [1.807, 2.05) is 16.3 Å². The van der Waals surface area contributed by atoms with Gasteiger partial charge in [0.1, 0.15) is 10.7 Å². The van der Waals surface area contributed by atoms with E-state index in [9.17, 15) is 4.79 Å². The average molecular weight is 554 g/mol. The number of benzene rings is 2. The highest BCUT2D eigenvalue weighted by atomic mass is 35.5. The summed E-state index contributed by atoms with van der Waals surface area (Å²) in [5.41, 5.74) is 3.86. The van der Waals surface area contributed by atoms with Crippen LogP contribution >= 0.6 is 22.9 Å². The van der Waals surface area contributed by atoms with Gasteiger partial charge in [0.05, 0.1) is 23.9 Å². The van der Waals surface area contributed by atoms with Gasteiger partial charge in [0.15, 0.2) is 0 Å². The van der Waals surface area contributed by atoms with E-state index in [0.29, 0.717) is 71.9 Å². The van der Waals surface area contributed by atoms with E-state index in [1.54, 1.807) is 17.0 Å². The Morgan fingerprint density at radius 3 is 2.42 bits per heavy atom. The van der Waals surface area contributed by atoms with Gasteiger partial charge in [-0.1, -0.05) is 42.8 Å². The second kappa shape index (κ2) is 11.0. The molecule has 3 aliphatic rings. The van der Waals surface area contributed by atoms with E-state index < -0.39 is 0 Å². The monoisotopic (exact) mass is 553 g/mol. The zero-order valence-electron chi connectivity index (χ0n) is 21.6. The van der Waals surface area contributed by atoms with Crippen LogP contribution in [-0.4, -0.2) is 56.7 Å². The third-order valence-corrected chi connectivity index (χ3v) is 9.66. The summed E-state index contributed by atoms with van der Waals surface area (Å²) in [7, 11) is 0. The number of rotatable bonds is 8. The van der Waals surface area contributed by atoms with Gasteiger partial charge in [0.2, 0.25) is 0 Å². The number of hydrogen-bond donors (Lipinski definition) is 0. The molecule has 3 heterocycles. The third-order valence-electron chi connectivity index (χ3n) is 8.33. The maximum Gasteiger partial charge on any atom is 0.269 e. The number of fused-ring (bicyclic) bond motifs is 1.